The Morgan fingerprint density at radius 2 is 2.11 bits per heavy atom. The fourth-order valence-electron chi connectivity index (χ4n) is 2.92. The van der Waals surface area contributed by atoms with E-state index >= 15 is 0 Å². The first-order valence-electron chi connectivity index (χ1n) is 7.03. The third-order valence-electron chi connectivity index (χ3n) is 4.18. The van der Waals surface area contributed by atoms with Crippen molar-refractivity contribution in [2.24, 2.45) is 5.92 Å². The van der Waals surface area contributed by atoms with Gasteiger partial charge in [-0.2, -0.15) is 0 Å². The van der Waals surface area contributed by atoms with Crippen molar-refractivity contribution in [3.63, 3.8) is 0 Å². The second-order valence-corrected chi connectivity index (χ2v) is 5.77. The smallest absolute Gasteiger partial charge is 0.254 e. The molecule has 100 valence electrons. The molecule has 3 heteroatoms. The molecule has 2 unspecified atom stereocenters. The minimum Gasteiger partial charge on any atom is -0.361 e. The summed E-state index contributed by atoms with van der Waals surface area (Å²) in [4.78, 5) is 17.8. The maximum absolute atomic E-state index is 12.6. The monoisotopic (exact) mass is 256 g/mol. The molecule has 1 fully saturated rings. The van der Waals surface area contributed by atoms with Crippen molar-refractivity contribution in [3.05, 3.63) is 36.0 Å². The molecule has 0 bridgehead atoms. The number of hydrogen-bond donors (Lipinski definition) is 1. The minimum atomic E-state index is 0.169. The molecular weight excluding hydrogens is 236 g/mol. The van der Waals surface area contributed by atoms with Crippen molar-refractivity contribution in [3.8, 4) is 0 Å². The van der Waals surface area contributed by atoms with Crippen LogP contribution in [0.15, 0.2) is 30.5 Å². The summed E-state index contributed by atoms with van der Waals surface area (Å²) in [5.74, 6) is 0.776. The van der Waals surface area contributed by atoms with Crippen molar-refractivity contribution < 1.29 is 4.79 Å². The number of carbonyl (C=O) groups excluding carboxylic acids is 1. The Labute approximate surface area is 113 Å². The normalized spacial score (nSPS) is 23.8. The van der Waals surface area contributed by atoms with Gasteiger partial charge in [0.15, 0.2) is 0 Å². The molecule has 2 heterocycles. The van der Waals surface area contributed by atoms with Gasteiger partial charge in [-0.1, -0.05) is 6.92 Å². The first-order valence-corrected chi connectivity index (χ1v) is 7.03. The lowest BCUT2D eigenvalue weighted by molar-refractivity contribution is 0.0574. The maximum atomic E-state index is 12.6. The van der Waals surface area contributed by atoms with Gasteiger partial charge in [-0.25, -0.2) is 0 Å². The highest BCUT2D eigenvalue weighted by atomic mass is 16.2. The Bertz CT molecular complexity index is 602. The number of H-pyrrole nitrogens is 1. The summed E-state index contributed by atoms with van der Waals surface area (Å²) in [6.07, 6.45) is 4.24. The second kappa shape index (κ2) is 4.72. The van der Waals surface area contributed by atoms with Gasteiger partial charge in [-0.05, 0) is 49.9 Å². The van der Waals surface area contributed by atoms with E-state index in [9.17, 15) is 4.79 Å². The molecule has 1 amide bonds. The molecule has 3 rings (SSSR count). The topological polar surface area (TPSA) is 36.1 Å². The molecule has 0 aliphatic carbocycles. The molecule has 1 aliphatic rings. The van der Waals surface area contributed by atoms with E-state index in [1.165, 1.54) is 6.42 Å². The van der Waals surface area contributed by atoms with E-state index in [0.717, 1.165) is 29.4 Å². The standard InChI is InChI=1S/C16H20N2O/c1-11-3-4-12(2)18(10-11)16(19)14-5-6-15-13(9-14)7-8-17-15/h5-9,11-12,17H,3-4,10H2,1-2H3. The Morgan fingerprint density at radius 3 is 2.95 bits per heavy atom. The van der Waals surface area contributed by atoms with Crippen LogP contribution in [0.5, 0.6) is 0 Å². The summed E-state index contributed by atoms with van der Waals surface area (Å²) < 4.78 is 0. The van der Waals surface area contributed by atoms with Crippen LogP contribution in [0.4, 0.5) is 0 Å². The number of fused-ring (bicyclic) bond motifs is 1. The Balaban J connectivity index is 1.89. The highest BCUT2D eigenvalue weighted by Crippen LogP contribution is 2.24. The van der Waals surface area contributed by atoms with E-state index in [1.54, 1.807) is 0 Å². The molecule has 0 spiro atoms. The van der Waals surface area contributed by atoms with Crippen LogP contribution >= 0.6 is 0 Å². The first-order chi connectivity index (χ1) is 9.15. The Morgan fingerprint density at radius 1 is 1.26 bits per heavy atom. The third-order valence-corrected chi connectivity index (χ3v) is 4.18. The van der Waals surface area contributed by atoms with Crippen LogP contribution in [0.1, 0.15) is 37.0 Å². The Hall–Kier alpha value is -1.77. The fourth-order valence-corrected chi connectivity index (χ4v) is 2.92. The molecule has 2 atom stereocenters. The number of piperidine rings is 1. The van der Waals surface area contributed by atoms with Gasteiger partial charge in [-0.15, -0.1) is 0 Å². The summed E-state index contributed by atoms with van der Waals surface area (Å²) in [7, 11) is 0. The van der Waals surface area contributed by atoms with Gasteiger partial charge in [0.05, 0.1) is 0 Å². The van der Waals surface area contributed by atoms with Crippen molar-refractivity contribution >= 4 is 16.8 Å². The molecule has 1 aliphatic heterocycles. The Kier molecular flexibility index (Phi) is 3.05. The predicted molar refractivity (Wildman–Crippen MR) is 77.2 cm³/mol. The third kappa shape index (κ3) is 2.25. The molecule has 3 nitrogen and oxygen atoms in total. The van der Waals surface area contributed by atoms with Crippen LogP contribution in [0.2, 0.25) is 0 Å². The minimum absolute atomic E-state index is 0.169. The van der Waals surface area contributed by atoms with Gasteiger partial charge < -0.3 is 9.88 Å². The van der Waals surface area contributed by atoms with Crippen LogP contribution < -0.4 is 0 Å². The number of hydrogen-bond acceptors (Lipinski definition) is 1. The van der Waals surface area contributed by atoms with Gasteiger partial charge in [0, 0.05) is 35.2 Å². The molecule has 2 aromatic rings. The molecule has 1 aromatic carbocycles. The van der Waals surface area contributed by atoms with E-state index < -0.39 is 0 Å². The number of amides is 1. The fraction of sp³-hybridized carbons (Fsp3) is 0.438. The van der Waals surface area contributed by atoms with E-state index in [4.69, 9.17) is 0 Å². The summed E-state index contributed by atoms with van der Waals surface area (Å²) in [6.45, 7) is 5.26. The van der Waals surface area contributed by atoms with Crippen LogP contribution in [0, 0.1) is 5.92 Å². The molecule has 1 N–H and O–H groups in total. The number of benzene rings is 1. The lowest BCUT2D eigenvalue weighted by Gasteiger charge is -2.36. The summed E-state index contributed by atoms with van der Waals surface area (Å²) >= 11 is 0. The molecule has 19 heavy (non-hydrogen) atoms. The van der Waals surface area contributed by atoms with Crippen molar-refractivity contribution in [2.75, 3.05) is 6.54 Å². The van der Waals surface area contributed by atoms with Gasteiger partial charge in [0.2, 0.25) is 0 Å². The van der Waals surface area contributed by atoms with Crippen LogP contribution in [-0.4, -0.2) is 28.4 Å². The number of aromatic nitrogens is 1. The number of nitrogens with one attached hydrogen (secondary N) is 1. The lowest BCUT2D eigenvalue weighted by atomic mass is 9.94. The number of carbonyl (C=O) groups is 1. The van der Waals surface area contributed by atoms with Gasteiger partial charge >= 0.3 is 0 Å². The highest BCUT2D eigenvalue weighted by Gasteiger charge is 2.27. The molecule has 1 aromatic heterocycles. The quantitative estimate of drug-likeness (QED) is 0.833. The SMILES string of the molecule is CC1CCC(C)N(C(=O)c2ccc3[nH]ccc3c2)C1. The lowest BCUT2D eigenvalue weighted by Crippen LogP contribution is -2.44. The van der Waals surface area contributed by atoms with Crippen molar-refractivity contribution in [2.45, 2.75) is 32.7 Å². The van der Waals surface area contributed by atoms with Crippen molar-refractivity contribution in [1.82, 2.24) is 9.88 Å². The molecular formula is C16H20N2O. The van der Waals surface area contributed by atoms with Crippen LogP contribution in [0.3, 0.4) is 0 Å². The second-order valence-electron chi connectivity index (χ2n) is 5.77. The van der Waals surface area contributed by atoms with Crippen LogP contribution in [0.25, 0.3) is 10.9 Å². The average molecular weight is 256 g/mol. The maximum Gasteiger partial charge on any atom is 0.254 e. The number of rotatable bonds is 1. The first kappa shape index (κ1) is 12.3. The van der Waals surface area contributed by atoms with E-state index in [2.05, 4.69) is 18.8 Å². The van der Waals surface area contributed by atoms with E-state index in [0.29, 0.717) is 12.0 Å². The van der Waals surface area contributed by atoms with E-state index in [1.807, 2.05) is 35.4 Å². The highest BCUT2D eigenvalue weighted by molar-refractivity contribution is 5.98. The average Bonchev–Trinajstić information content (AvgIpc) is 2.88. The van der Waals surface area contributed by atoms with Gasteiger partial charge in [-0.3, -0.25) is 4.79 Å². The zero-order valence-corrected chi connectivity index (χ0v) is 11.5. The molecule has 0 saturated carbocycles. The number of nitrogens with zero attached hydrogens (tertiary/aromatic N) is 1. The zero-order valence-electron chi connectivity index (χ0n) is 11.5. The molecule has 1 saturated heterocycles. The van der Waals surface area contributed by atoms with E-state index in [-0.39, 0.29) is 5.91 Å². The number of likely N-dealkylation sites (tertiary alicyclic amines) is 1. The summed E-state index contributed by atoms with van der Waals surface area (Å²) in [6, 6.07) is 8.26. The molecule has 0 radical (unpaired) electrons. The predicted octanol–water partition coefficient (Wildman–Crippen LogP) is 3.43. The summed E-state index contributed by atoms with van der Waals surface area (Å²) in [5.41, 5.74) is 1.88. The number of aromatic amines is 1. The largest absolute Gasteiger partial charge is 0.361 e. The zero-order chi connectivity index (χ0) is 13.4. The van der Waals surface area contributed by atoms with Gasteiger partial charge in [0.25, 0.3) is 5.91 Å². The van der Waals surface area contributed by atoms with Crippen LogP contribution in [-0.2, 0) is 0 Å². The van der Waals surface area contributed by atoms with Crippen molar-refractivity contribution in [1.29, 1.82) is 0 Å². The summed E-state index contributed by atoms with van der Waals surface area (Å²) in [5, 5.41) is 1.10. The van der Waals surface area contributed by atoms with Gasteiger partial charge in [0.1, 0.15) is 0 Å².